The van der Waals surface area contributed by atoms with Gasteiger partial charge in [-0.1, -0.05) is 44.5 Å². The Morgan fingerprint density at radius 3 is 2.08 bits per heavy atom. The van der Waals surface area contributed by atoms with Gasteiger partial charge in [0.05, 0.1) is 0 Å². The van der Waals surface area contributed by atoms with Crippen LogP contribution in [0.2, 0.25) is 0 Å². The molecule has 0 heterocycles. The van der Waals surface area contributed by atoms with E-state index in [1.165, 1.54) is 11.1 Å². The maximum absolute atomic E-state index is 3.96. The van der Waals surface area contributed by atoms with Crippen molar-refractivity contribution in [2.75, 3.05) is 0 Å². The Bertz CT molecular complexity index is 256. The van der Waals surface area contributed by atoms with Crippen LogP contribution in [0, 0.1) is 13.8 Å². The maximum atomic E-state index is 3.96. The Hall–Kier alpha value is -0.780. The van der Waals surface area contributed by atoms with Crippen LogP contribution in [0.15, 0.2) is 18.2 Å². The molecular weight excluding hydrogens is 144 g/mol. The van der Waals surface area contributed by atoms with Crippen molar-refractivity contribution in [2.45, 2.75) is 33.1 Å². The Morgan fingerprint density at radius 1 is 1.08 bits per heavy atom. The minimum absolute atomic E-state index is 0.235. The van der Waals surface area contributed by atoms with Crippen LogP contribution in [-0.4, -0.2) is 0 Å². The quantitative estimate of drug-likeness (QED) is 0.546. The summed E-state index contributed by atoms with van der Waals surface area (Å²) in [6.45, 7) is 12.7. The van der Waals surface area contributed by atoms with E-state index in [1.54, 1.807) is 0 Å². The lowest BCUT2D eigenvalue weighted by molar-refractivity contribution is 0.589. The fourth-order valence-electron chi connectivity index (χ4n) is 1.30. The molecule has 1 radical (unpaired) electrons. The molecule has 0 amide bonds. The monoisotopic (exact) mass is 161 g/mol. The van der Waals surface area contributed by atoms with Crippen molar-refractivity contribution in [1.29, 1.82) is 0 Å². The third kappa shape index (κ3) is 2.10. The lowest BCUT2D eigenvalue weighted by Gasteiger charge is -2.20. The van der Waals surface area contributed by atoms with Crippen molar-refractivity contribution in [3.8, 4) is 0 Å². The van der Waals surface area contributed by atoms with Gasteiger partial charge in [-0.05, 0) is 30.4 Å². The molecule has 0 unspecified atom stereocenters. The molecule has 0 aliphatic carbocycles. The molecule has 0 N–H and O–H groups in total. The fourth-order valence-corrected chi connectivity index (χ4v) is 1.30. The van der Waals surface area contributed by atoms with Gasteiger partial charge in [-0.15, -0.1) is 0 Å². The maximum Gasteiger partial charge on any atom is -0.0132 e. The summed E-state index contributed by atoms with van der Waals surface area (Å²) in [5.74, 6) is 0. The second-order valence-corrected chi connectivity index (χ2v) is 4.46. The van der Waals surface area contributed by atoms with Gasteiger partial charge in [0.2, 0.25) is 0 Å². The van der Waals surface area contributed by atoms with Crippen LogP contribution < -0.4 is 0 Å². The van der Waals surface area contributed by atoms with Gasteiger partial charge in [-0.25, -0.2) is 0 Å². The highest BCUT2D eigenvalue weighted by molar-refractivity contribution is 5.34. The minimum atomic E-state index is 0.235. The van der Waals surface area contributed by atoms with E-state index in [4.69, 9.17) is 0 Å². The Balaban J connectivity index is 3.18. The molecule has 0 aromatic heterocycles. The average Bonchev–Trinajstić information content (AvgIpc) is 1.82. The first kappa shape index (κ1) is 9.31. The zero-order valence-electron chi connectivity index (χ0n) is 8.44. The van der Waals surface area contributed by atoms with Crippen molar-refractivity contribution in [1.82, 2.24) is 0 Å². The highest BCUT2D eigenvalue weighted by Crippen LogP contribution is 2.23. The third-order valence-electron chi connectivity index (χ3n) is 2.00. The van der Waals surface area contributed by atoms with E-state index in [0.717, 1.165) is 5.56 Å². The van der Waals surface area contributed by atoms with Crippen molar-refractivity contribution in [3.05, 3.63) is 41.8 Å². The van der Waals surface area contributed by atoms with Crippen LogP contribution in [0.5, 0.6) is 0 Å². The summed E-state index contributed by atoms with van der Waals surface area (Å²) < 4.78 is 0. The summed E-state index contributed by atoms with van der Waals surface area (Å²) in [6, 6.07) is 6.50. The van der Waals surface area contributed by atoms with E-state index in [0.29, 0.717) is 0 Å². The molecule has 0 saturated heterocycles. The van der Waals surface area contributed by atoms with Crippen LogP contribution in [0.25, 0.3) is 0 Å². The zero-order valence-corrected chi connectivity index (χ0v) is 8.44. The first-order valence-corrected chi connectivity index (χ1v) is 4.34. The number of benzene rings is 1. The van der Waals surface area contributed by atoms with E-state index in [-0.39, 0.29) is 5.41 Å². The number of hydrogen-bond donors (Lipinski definition) is 0. The van der Waals surface area contributed by atoms with Gasteiger partial charge in [-0.2, -0.15) is 0 Å². The normalized spacial score (nSPS) is 11.8. The van der Waals surface area contributed by atoms with E-state index in [9.17, 15) is 0 Å². The third-order valence-corrected chi connectivity index (χ3v) is 2.00. The summed E-state index contributed by atoms with van der Waals surface area (Å²) >= 11 is 0. The molecule has 0 nitrogen and oxygen atoms in total. The molecule has 0 aliphatic heterocycles. The van der Waals surface area contributed by atoms with Crippen molar-refractivity contribution >= 4 is 0 Å². The molecule has 65 valence electrons. The van der Waals surface area contributed by atoms with E-state index < -0.39 is 0 Å². The van der Waals surface area contributed by atoms with Gasteiger partial charge >= 0.3 is 0 Å². The molecule has 0 bridgehead atoms. The topological polar surface area (TPSA) is 0 Å². The largest absolute Gasteiger partial charge is 0.0561 e. The molecule has 0 atom stereocenters. The Kier molecular flexibility index (Phi) is 2.27. The van der Waals surface area contributed by atoms with Gasteiger partial charge in [0.1, 0.15) is 0 Å². The smallest absolute Gasteiger partial charge is 0.0132 e. The SMILES string of the molecule is [CH2]c1cc(C)cc(C(C)(C)C)c1. The van der Waals surface area contributed by atoms with E-state index in [1.807, 2.05) is 0 Å². The lowest BCUT2D eigenvalue weighted by Crippen LogP contribution is -2.11. The molecule has 0 aliphatic rings. The van der Waals surface area contributed by atoms with Crippen LogP contribution in [0.3, 0.4) is 0 Å². The Morgan fingerprint density at radius 2 is 1.67 bits per heavy atom. The standard InChI is InChI=1S/C12H17/c1-9-6-10(2)8-11(7-9)12(3,4)5/h6-8H,1H2,2-5H3. The van der Waals surface area contributed by atoms with Crippen LogP contribution in [0.4, 0.5) is 0 Å². The highest BCUT2D eigenvalue weighted by Gasteiger charge is 2.13. The molecule has 1 rings (SSSR count). The van der Waals surface area contributed by atoms with Gasteiger partial charge in [-0.3, -0.25) is 0 Å². The first-order chi connectivity index (χ1) is 5.39. The predicted octanol–water partition coefficient (Wildman–Crippen LogP) is 3.47. The van der Waals surface area contributed by atoms with Gasteiger partial charge < -0.3 is 0 Å². The molecule has 1 aromatic rings. The van der Waals surface area contributed by atoms with Gasteiger partial charge in [0.25, 0.3) is 0 Å². The summed E-state index contributed by atoms with van der Waals surface area (Å²) in [6.07, 6.45) is 0. The van der Waals surface area contributed by atoms with E-state index >= 15 is 0 Å². The van der Waals surface area contributed by atoms with Gasteiger partial charge in [0.15, 0.2) is 0 Å². The zero-order chi connectivity index (χ0) is 9.35. The summed E-state index contributed by atoms with van der Waals surface area (Å²) in [5.41, 5.74) is 4.01. The summed E-state index contributed by atoms with van der Waals surface area (Å²) in [4.78, 5) is 0. The molecule has 0 heteroatoms. The lowest BCUT2D eigenvalue weighted by atomic mass is 9.85. The average molecular weight is 161 g/mol. The second-order valence-electron chi connectivity index (χ2n) is 4.46. The van der Waals surface area contributed by atoms with Crippen LogP contribution in [-0.2, 0) is 5.41 Å². The number of rotatable bonds is 0. The fraction of sp³-hybridized carbons (Fsp3) is 0.417. The van der Waals surface area contributed by atoms with Crippen LogP contribution in [0.1, 0.15) is 37.5 Å². The van der Waals surface area contributed by atoms with Gasteiger partial charge in [0, 0.05) is 0 Å². The molecule has 0 spiro atoms. The summed E-state index contributed by atoms with van der Waals surface area (Å²) in [5, 5.41) is 0. The predicted molar refractivity (Wildman–Crippen MR) is 54.3 cm³/mol. The summed E-state index contributed by atoms with van der Waals surface area (Å²) in [7, 11) is 0. The molecular formula is C12H17. The van der Waals surface area contributed by atoms with Crippen molar-refractivity contribution in [2.24, 2.45) is 0 Å². The van der Waals surface area contributed by atoms with Crippen molar-refractivity contribution < 1.29 is 0 Å². The number of aryl methyl sites for hydroxylation is 1. The van der Waals surface area contributed by atoms with Crippen molar-refractivity contribution in [3.63, 3.8) is 0 Å². The molecule has 0 saturated carbocycles. The second kappa shape index (κ2) is 2.93. The first-order valence-electron chi connectivity index (χ1n) is 4.34. The molecule has 0 fully saturated rings. The minimum Gasteiger partial charge on any atom is -0.0561 e. The Labute approximate surface area is 75.6 Å². The molecule has 1 aromatic carbocycles. The van der Waals surface area contributed by atoms with E-state index in [2.05, 4.69) is 52.8 Å². The van der Waals surface area contributed by atoms with Crippen LogP contribution >= 0.6 is 0 Å². The number of hydrogen-bond acceptors (Lipinski definition) is 0. The highest BCUT2D eigenvalue weighted by atomic mass is 14.2. The molecule has 12 heavy (non-hydrogen) atoms.